The number of hydrogen-bond acceptors (Lipinski definition) is 4. The molecule has 0 fully saturated rings. The van der Waals surface area contributed by atoms with Crippen LogP contribution in [0.5, 0.6) is 5.75 Å². The van der Waals surface area contributed by atoms with E-state index in [4.69, 9.17) is 4.74 Å². The molecule has 0 saturated heterocycles. The number of phenolic OH excluding ortho intramolecular Hbond substituents is 1. The predicted octanol–water partition coefficient (Wildman–Crippen LogP) is 2.17. The summed E-state index contributed by atoms with van der Waals surface area (Å²) >= 11 is 0. The van der Waals surface area contributed by atoms with Crippen LogP contribution in [0.15, 0.2) is 24.3 Å². The summed E-state index contributed by atoms with van der Waals surface area (Å²) in [6.07, 6.45) is 4.12. The third-order valence-electron chi connectivity index (χ3n) is 2.08. The van der Waals surface area contributed by atoms with Gasteiger partial charge in [0, 0.05) is 0 Å². The number of carbonyl (C=O) groups is 2. The van der Waals surface area contributed by atoms with Crippen LogP contribution in [-0.2, 0) is 9.53 Å². The minimum atomic E-state index is -0.293. The van der Waals surface area contributed by atoms with E-state index in [0.717, 1.165) is 5.56 Å². The van der Waals surface area contributed by atoms with Gasteiger partial charge in [-0.1, -0.05) is 18.2 Å². The van der Waals surface area contributed by atoms with Crippen LogP contribution in [0.1, 0.15) is 29.3 Å². The zero-order valence-electron chi connectivity index (χ0n) is 9.55. The van der Waals surface area contributed by atoms with Crippen molar-refractivity contribution in [3.05, 3.63) is 35.4 Å². The number of benzene rings is 1. The van der Waals surface area contributed by atoms with Gasteiger partial charge in [0.1, 0.15) is 5.75 Å². The van der Waals surface area contributed by atoms with Gasteiger partial charge in [-0.2, -0.15) is 0 Å². The first-order valence-electron chi connectivity index (χ1n) is 5.27. The molecule has 17 heavy (non-hydrogen) atoms. The quantitative estimate of drug-likeness (QED) is 0.626. The van der Waals surface area contributed by atoms with Gasteiger partial charge in [-0.15, -0.1) is 0 Å². The first kappa shape index (κ1) is 13.0. The zero-order chi connectivity index (χ0) is 12.7. The molecule has 0 bridgehead atoms. The van der Waals surface area contributed by atoms with Gasteiger partial charge in [0.15, 0.2) is 6.29 Å². The molecule has 0 spiro atoms. The summed E-state index contributed by atoms with van der Waals surface area (Å²) in [4.78, 5) is 21.6. The molecule has 0 saturated carbocycles. The van der Waals surface area contributed by atoms with Gasteiger partial charge >= 0.3 is 5.97 Å². The smallest absolute Gasteiger partial charge is 0.309 e. The van der Waals surface area contributed by atoms with Crippen molar-refractivity contribution in [1.82, 2.24) is 0 Å². The van der Waals surface area contributed by atoms with Crippen LogP contribution < -0.4 is 0 Å². The summed E-state index contributed by atoms with van der Waals surface area (Å²) in [5.74, 6) is -0.347. The van der Waals surface area contributed by atoms with Crippen molar-refractivity contribution in [2.24, 2.45) is 0 Å². The fourth-order valence-electron chi connectivity index (χ4n) is 1.28. The molecule has 0 radical (unpaired) electrons. The van der Waals surface area contributed by atoms with Crippen molar-refractivity contribution < 1.29 is 19.4 Å². The SMILES string of the molecule is CCOC(=O)CC=Cc1ccc(O)c(C=O)c1. The third-order valence-corrected chi connectivity index (χ3v) is 2.08. The second-order valence-electron chi connectivity index (χ2n) is 3.35. The largest absolute Gasteiger partial charge is 0.507 e. The number of aromatic hydroxyl groups is 1. The molecule has 0 amide bonds. The molecule has 0 aliphatic rings. The van der Waals surface area contributed by atoms with E-state index in [2.05, 4.69) is 0 Å². The normalized spacial score (nSPS) is 10.4. The Morgan fingerprint density at radius 1 is 1.47 bits per heavy atom. The number of esters is 1. The van der Waals surface area contributed by atoms with Crippen LogP contribution in [0.2, 0.25) is 0 Å². The number of ether oxygens (including phenoxy) is 1. The van der Waals surface area contributed by atoms with Gasteiger partial charge in [-0.3, -0.25) is 9.59 Å². The lowest BCUT2D eigenvalue weighted by molar-refractivity contribution is -0.142. The second-order valence-corrected chi connectivity index (χ2v) is 3.35. The molecular formula is C13H14O4. The number of rotatable bonds is 5. The Labute approximate surface area is 99.5 Å². The average Bonchev–Trinajstić information content (AvgIpc) is 2.31. The molecule has 0 unspecified atom stereocenters. The number of hydrogen-bond donors (Lipinski definition) is 1. The minimum Gasteiger partial charge on any atom is -0.507 e. The maximum Gasteiger partial charge on any atom is 0.309 e. The number of phenols is 1. The van der Waals surface area contributed by atoms with Gasteiger partial charge in [-0.05, 0) is 24.6 Å². The van der Waals surface area contributed by atoms with Crippen molar-refractivity contribution in [2.45, 2.75) is 13.3 Å². The first-order chi connectivity index (χ1) is 8.17. The highest BCUT2D eigenvalue weighted by molar-refractivity contribution is 5.80. The average molecular weight is 234 g/mol. The van der Waals surface area contributed by atoms with Crippen LogP contribution in [-0.4, -0.2) is 24.0 Å². The van der Waals surface area contributed by atoms with Crippen molar-refractivity contribution >= 4 is 18.3 Å². The summed E-state index contributed by atoms with van der Waals surface area (Å²) in [5, 5.41) is 9.29. The molecule has 0 aromatic heterocycles. The Morgan fingerprint density at radius 2 is 2.24 bits per heavy atom. The van der Waals surface area contributed by atoms with Crippen LogP contribution in [0.4, 0.5) is 0 Å². The molecule has 1 N–H and O–H groups in total. The summed E-state index contributed by atoms with van der Waals surface area (Å²) in [6, 6.07) is 4.64. The lowest BCUT2D eigenvalue weighted by Crippen LogP contribution is -2.01. The zero-order valence-corrected chi connectivity index (χ0v) is 9.55. The monoisotopic (exact) mass is 234 g/mol. The molecule has 1 rings (SSSR count). The van der Waals surface area contributed by atoms with E-state index >= 15 is 0 Å². The van der Waals surface area contributed by atoms with E-state index in [0.29, 0.717) is 12.9 Å². The topological polar surface area (TPSA) is 63.6 Å². The van der Waals surface area contributed by atoms with E-state index in [-0.39, 0.29) is 23.7 Å². The molecule has 1 aromatic rings. The van der Waals surface area contributed by atoms with Crippen molar-refractivity contribution in [1.29, 1.82) is 0 Å². The maximum atomic E-state index is 11.0. The minimum absolute atomic E-state index is 0.0532. The van der Waals surface area contributed by atoms with E-state index in [1.807, 2.05) is 0 Å². The van der Waals surface area contributed by atoms with Crippen molar-refractivity contribution in [2.75, 3.05) is 6.61 Å². The van der Waals surface area contributed by atoms with Crippen LogP contribution in [0, 0.1) is 0 Å². The van der Waals surface area contributed by atoms with Gasteiger partial charge in [0.05, 0.1) is 18.6 Å². The van der Waals surface area contributed by atoms with E-state index in [1.165, 1.54) is 6.07 Å². The van der Waals surface area contributed by atoms with Crippen molar-refractivity contribution in [3.63, 3.8) is 0 Å². The molecule has 0 aliphatic carbocycles. The van der Waals surface area contributed by atoms with Gasteiger partial charge < -0.3 is 9.84 Å². The fourth-order valence-corrected chi connectivity index (χ4v) is 1.28. The lowest BCUT2D eigenvalue weighted by atomic mass is 10.1. The van der Waals surface area contributed by atoms with Gasteiger partial charge in [0.25, 0.3) is 0 Å². The molecule has 1 aromatic carbocycles. The number of aldehydes is 1. The van der Waals surface area contributed by atoms with Crippen molar-refractivity contribution in [3.8, 4) is 5.75 Å². The molecule has 4 nitrogen and oxygen atoms in total. The molecule has 0 atom stereocenters. The molecule has 4 heteroatoms. The molecular weight excluding hydrogens is 220 g/mol. The van der Waals surface area contributed by atoms with E-state index in [9.17, 15) is 14.7 Å². The summed E-state index contributed by atoms with van der Waals surface area (Å²) in [7, 11) is 0. The number of carbonyl (C=O) groups excluding carboxylic acids is 2. The highest BCUT2D eigenvalue weighted by Gasteiger charge is 2.00. The highest BCUT2D eigenvalue weighted by Crippen LogP contribution is 2.17. The first-order valence-corrected chi connectivity index (χ1v) is 5.27. The van der Waals surface area contributed by atoms with E-state index < -0.39 is 0 Å². The Balaban J connectivity index is 2.65. The Hall–Kier alpha value is -2.10. The van der Waals surface area contributed by atoms with Crippen LogP contribution >= 0.6 is 0 Å². The molecule has 90 valence electrons. The summed E-state index contributed by atoms with van der Waals surface area (Å²) in [5.41, 5.74) is 0.970. The van der Waals surface area contributed by atoms with E-state index in [1.54, 1.807) is 31.2 Å². The fraction of sp³-hybridized carbons (Fsp3) is 0.231. The molecule has 0 heterocycles. The molecule has 0 aliphatic heterocycles. The maximum absolute atomic E-state index is 11.0. The Morgan fingerprint density at radius 3 is 2.88 bits per heavy atom. The van der Waals surface area contributed by atoms with Crippen LogP contribution in [0.3, 0.4) is 0 Å². The Bertz CT molecular complexity index is 435. The third kappa shape index (κ3) is 4.10. The standard InChI is InChI=1S/C13H14O4/c1-2-17-13(16)5-3-4-10-6-7-12(15)11(8-10)9-14/h3-4,6-9,15H,2,5H2,1H3. The second kappa shape index (κ2) is 6.48. The lowest BCUT2D eigenvalue weighted by Gasteiger charge is -1.99. The van der Waals surface area contributed by atoms with Gasteiger partial charge in [0.2, 0.25) is 0 Å². The summed E-state index contributed by atoms with van der Waals surface area (Å²) in [6.45, 7) is 2.11. The highest BCUT2D eigenvalue weighted by atomic mass is 16.5. The van der Waals surface area contributed by atoms with Crippen LogP contribution in [0.25, 0.3) is 6.08 Å². The summed E-state index contributed by atoms with van der Waals surface area (Å²) < 4.78 is 4.76. The Kier molecular flexibility index (Phi) is 4.94. The predicted molar refractivity (Wildman–Crippen MR) is 63.8 cm³/mol. The van der Waals surface area contributed by atoms with Gasteiger partial charge in [-0.25, -0.2) is 0 Å².